The summed E-state index contributed by atoms with van der Waals surface area (Å²) in [6.07, 6.45) is 1.20. The molecule has 20 heavy (non-hydrogen) atoms. The summed E-state index contributed by atoms with van der Waals surface area (Å²) < 4.78 is 0. The Morgan fingerprint density at radius 3 is 2.35 bits per heavy atom. The van der Waals surface area contributed by atoms with Crippen molar-refractivity contribution >= 4 is 23.3 Å². The van der Waals surface area contributed by atoms with Gasteiger partial charge >= 0.3 is 0 Å². The lowest BCUT2D eigenvalue weighted by Gasteiger charge is -2.29. The number of carbonyl (C=O) groups is 2. The van der Waals surface area contributed by atoms with Gasteiger partial charge in [0.1, 0.15) is 5.78 Å². The van der Waals surface area contributed by atoms with E-state index in [2.05, 4.69) is 11.9 Å². The second kappa shape index (κ2) is 7.25. The van der Waals surface area contributed by atoms with Gasteiger partial charge in [-0.2, -0.15) is 0 Å². The van der Waals surface area contributed by atoms with Crippen molar-refractivity contribution in [2.45, 2.75) is 26.8 Å². The van der Waals surface area contributed by atoms with Gasteiger partial charge in [-0.3, -0.25) is 9.59 Å². The molecule has 4 heteroatoms. The quantitative estimate of drug-likeness (QED) is 0.815. The Morgan fingerprint density at radius 1 is 1.30 bits per heavy atom. The van der Waals surface area contributed by atoms with Crippen LogP contribution in [0.3, 0.4) is 0 Å². The molecular formula is C16H20ClNO2. The first kappa shape index (κ1) is 16.4. The van der Waals surface area contributed by atoms with E-state index in [1.165, 1.54) is 13.0 Å². The zero-order valence-corrected chi connectivity index (χ0v) is 12.8. The normalized spacial score (nSPS) is 13.7. The first-order valence-corrected chi connectivity index (χ1v) is 6.94. The van der Waals surface area contributed by atoms with E-state index in [9.17, 15) is 9.59 Å². The number of Topliss-reactive ketones (excluding diaryl/α,β-unsaturated/α-hetero) is 1. The van der Waals surface area contributed by atoms with Gasteiger partial charge in [0, 0.05) is 10.9 Å². The Bertz CT molecular complexity index is 511. The van der Waals surface area contributed by atoms with E-state index in [-0.39, 0.29) is 23.5 Å². The lowest BCUT2D eigenvalue weighted by atomic mass is 9.82. The lowest BCUT2D eigenvalue weighted by molar-refractivity contribution is -0.124. The van der Waals surface area contributed by atoms with Crippen LogP contribution in [0.15, 0.2) is 36.9 Å². The standard InChI is InChI=1S/C16H20ClNO2/c1-5-14(20)18-16(15(10(2)3)11(4)19)12-8-6-7-9-13(12)17/h5-10,15-16H,1H2,2-4H3,(H,18,20)/t15-,16+/m0/s1. The molecule has 0 unspecified atom stereocenters. The summed E-state index contributed by atoms with van der Waals surface area (Å²) >= 11 is 6.21. The minimum atomic E-state index is -0.452. The molecule has 0 aromatic heterocycles. The summed E-state index contributed by atoms with van der Waals surface area (Å²) in [5, 5.41) is 3.36. The van der Waals surface area contributed by atoms with E-state index in [1.807, 2.05) is 32.0 Å². The molecule has 0 aliphatic heterocycles. The van der Waals surface area contributed by atoms with Crippen molar-refractivity contribution in [1.29, 1.82) is 0 Å². The van der Waals surface area contributed by atoms with Crippen LogP contribution in [0.2, 0.25) is 5.02 Å². The number of hydrogen-bond acceptors (Lipinski definition) is 2. The molecule has 0 heterocycles. The summed E-state index contributed by atoms with van der Waals surface area (Å²) in [5.41, 5.74) is 0.748. The molecule has 108 valence electrons. The van der Waals surface area contributed by atoms with E-state index in [1.54, 1.807) is 6.07 Å². The van der Waals surface area contributed by atoms with Crippen molar-refractivity contribution in [3.63, 3.8) is 0 Å². The fourth-order valence-electron chi connectivity index (χ4n) is 2.39. The molecule has 1 rings (SSSR count). The van der Waals surface area contributed by atoms with Crippen molar-refractivity contribution in [3.05, 3.63) is 47.5 Å². The van der Waals surface area contributed by atoms with Crippen molar-refractivity contribution in [3.8, 4) is 0 Å². The Morgan fingerprint density at radius 2 is 1.90 bits per heavy atom. The number of halogens is 1. The van der Waals surface area contributed by atoms with Crippen LogP contribution in [0.4, 0.5) is 0 Å². The van der Waals surface area contributed by atoms with Crippen LogP contribution in [0.5, 0.6) is 0 Å². The molecule has 0 saturated carbocycles. The maximum atomic E-state index is 12.0. The third kappa shape index (κ3) is 3.94. The molecule has 1 aromatic carbocycles. The highest BCUT2D eigenvalue weighted by molar-refractivity contribution is 6.31. The maximum Gasteiger partial charge on any atom is 0.243 e. The summed E-state index contributed by atoms with van der Waals surface area (Å²) in [5.74, 6) is -0.547. The predicted molar refractivity (Wildman–Crippen MR) is 81.5 cm³/mol. The monoisotopic (exact) mass is 293 g/mol. The molecule has 0 bridgehead atoms. The van der Waals surface area contributed by atoms with Crippen molar-refractivity contribution in [2.24, 2.45) is 11.8 Å². The molecule has 1 aromatic rings. The number of ketones is 1. The fourth-order valence-corrected chi connectivity index (χ4v) is 2.64. The first-order valence-electron chi connectivity index (χ1n) is 6.56. The Hall–Kier alpha value is -1.61. The van der Waals surface area contributed by atoms with Crippen LogP contribution in [0.1, 0.15) is 32.4 Å². The van der Waals surface area contributed by atoms with Crippen LogP contribution >= 0.6 is 11.6 Å². The fraction of sp³-hybridized carbons (Fsp3) is 0.375. The number of nitrogens with one attached hydrogen (secondary N) is 1. The van der Waals surface area contributed by atoms with Crippen molar-refractivity contribution in [2.75, 3.05) is 0 Å². The van der Waals surface area contributed by atoms with Gasteiger partial charge in [0.25, 0.3) is 0 Å². The minimum Gasteiger partial charge on any atom is -0.345 e. The molecule has 3 nitrogen and oxygen atoms in total. The summed E-state index contributed by atoms with van der Waals surface area (Å²) in [7, 11) is 0. The first-order chi connectivity index (χ1) is 9.38. The number of carbonyl (C=O) groups excluding carboxylic acids is 2. The molecule has 1 amide bonds. The molecule has 0 saturated heterocycles. The van der Waals surface area contributed by atoms with Gasteiger partial charge in [0.05, 0.1) is 6.04 Å². The summed E-state index contributed by atoms with van der Waals surface area (Å²) in [6.45, 7) is 8.89. The van der Waals surface area contributed by atoms with Gasteiger partial charge in [-0.05, 0) is 30.5 Å². The molecule has 0 aliphatic rings. The topological polar surface area (TPSA) is 46.2 Å². The molecule has 0 fully saturated rings. The van der Waals surface area contributed by atoms with Crippen molar-refractivity contribution in [1.82, 2.24) is 5.32 Å². The van der Waals surface area contributed by atoms with E-state index in [0.29, 0.717) is 5.02 Å². The molecule has 0 radical (unpaired) electrons. The van der Waals surface area contributed by atoms with Crippen molar-refractivity contribution < 1.29 is 9.59 Å². The largest absolute Gasteiger partial charge is 0.345 e. The average Bonchev–Trinajstić information content (AvgIpc) is 2.37. The highest BCUT2D eigenvalue weighted by Gasteiger charge is 2.31. The average molecular weight is 294 g/mol. The molecule has 0 spiro atoms. The summed E-state index contributed by atoms with van der Waals surface area (Å²) in [4.78, 5) is 23.6. The third-order valence-electron chi connectivity index (χ3n) is 3.27. The van der Waals surface area contributed by atoms with Crippen LogP contribution in [0, 0.1) is 11.8 Å². The third-order valence-corrected chi connectivity index (χ3v) is 3.61. The highest BCUT2D eigenvalue weighted by Crippen LogP contribution is 2.33. The zero-order valence-electron chi connectivity index (χ0n) is 12.0. The number of amides is 1. The van der Waals surface area contributed by atoms with Crippen LogP contribution in [-0.2, 0) is 9.59 Å². The van der Waals surface area contributed by atoms with Crippen LogP contribution in [-0.4, -0.2) is 11.7 Å². The van der Waals surface area contributed by atoms with E-state index < -0.39 is 6.04 Å². The zero-order chi connectivity index (χ0) is 15.3. The van der Waals surface area contributed by atoms with E-state index in [4.69, 9.17) is 11.6 Å². The van der Waals surface area contributed by atoms with Crippen LogP contribution in [0.25, 0.3) is 0 Å². The Kier molecular flexibility index (Phi) is 5.96. The minimum absolute atomic E-state index is 0.0225. The summed E-state index contributed by atoms with van der Waals surface area (Å²) in [6, 6.07) is 6.78. The van der Waals surface area contributed by atoms with E-state index in [0.717, 1.165) is 5.56 Å². The molecule has 1 N–H and O–H groups in total. The second-order valence-corrected chi connectivity index (χ2v) is 5.50. The number of rotatable bonds is 6. The lowest BCUT2D eigenvalue weighted by Crippen LogP contribution is -2.38. The smallest absolute Gasteiger partial charge is 0.243 e. The van der Waals surface area contributed by atoms with Gasteiger partial charge in [-0.25, -0.2) is 0 Å². The van der Waals surface area contributed by atoms with Crippen LogP contribution < -0.4 is 5.32 Å². The van der Waals surface area contributed by atoms with Gasteiger partial charge < -0.3 is 5.32 Å². The highest BCUT2D eigenvalue weighted by atomic mass is 35.5. The van der Waals surface area contributed by atoms with E-state index >= 15 is 0 Å². The SMILES string of the molecule is C=CC(=O)N[C@H](c1ccccc1Cl)[C@H](C(C)=O)C(C)C. The number of benzene rings is 1. The second-order valence-electron chi connectivity index (χ2n) is 5.09. The molecular weight excluding hydrogens is 274 g/mol. The predicted octanol–water partition coefficient (Wildman–Crippen LogP) is 3.54. The molecule has 2 atom stereocenters. The maximum absolute atomic E-state index is 12.0. The van der Waals surface area contributed by atoms with Gasteiger partial charge in [0.15, 0.2) is 0 Å². The molecule has 0 aliphatic carbocycles. The Labute approximate surface area is 125 Å². The Balaban J connectivity index is 3.27. The van der Waals surface area contributed by atoms with Gasteiger partial charge in [-0.15, -0.1) is 0 Å². The van der Waals surface area contributed by atoms with Gasteiger partial charge in [-0.1, -0.05) is 50.2 Å². The number of hydrogen-bond donors (Lipinski definition) is 1. The van der Waals surface area contributed by atoms with Gasteiger partial charge in [0.2, 0.25) is 5.91 Å².